The highest BCUT2D eigenvalue weighted by atomic mass is 32.1. The van der Waals surface area contributed by atoms with Crippen LogP contribution >= 0.6 is 11.3 Å². The van der Waals surface area contributed by atoms with Crippen LogP contribution in [0.15, 0.2) is 29.1 Å². The van der Waals surface area contributed by atoms with E-state index in [1.165, 1.54) is 5.56 Å². The fourth-order valence-corrected chi connectivity index (χ4v) is 3.27. The van der Waals surface area contributed by atoms with Gasteiger partial charge in [-0.25, -0.2) is 0 Å². The fraction of sp³-hybridized carbons (Fsp3) is 0.286. The lowest BCUT2D eigenvalue weighted by Crippen LogP contribution is -2.20. The number of thiophene rings is 1. The molecule has 3 heteroatoms. The summed E-state index contributed by atoms with van der Waals surface area (Å²) < 4.78 is 0. The van der Waals surface area contributed by atoms with Crippen LogP contribution in [0.25, 0.3) is 0 Å². The second-order valence-corrected chi connectivity index (χ2v) is 5.31. The van der Waals surface area contributed by atoms with E-state index in [2.05, 4.69) is 21.8 Å². The van der Waals surface area contributed by atoms with Gasteiger partial charge in [0.25, 0.3) is 0 Å². The molecule has 86 valence electrons. The Bertz CT molecular complexity index is 560. The van der Waals surface area contributed by atoms with E-state index in [1.54, 1.807) is 17.5 Å². The maximum absolute atomic E-state index is 12.2. The second kappa shape index (κ2) is 4.08. The van der Waals surface area contributed by atoms with Gasteiger partial charge in [0.05, 0.1) is 5.69 Å². The van der Waals surface area contributed by atoms with Crippen molar-refractivity contribution in [3.63, 3.8) is 0 Å². The SMILES string of the molecule is Cc1ccnc2c1C(=O)C[C@@H](c1ccsc1)C2. The zero-order chi connectivity index (χ0) is 11.8. The molecule has 17 heavy (non-hydrogen) atoms. The average Bonchev–Trinajstić information content (AvgIpc) is 2.81. The number of fused-ring (bicyclic) bond motifs is 1. The van der Waals surface area contributed by atoms with Gasteiger partial charge in [-0.05, 0) is 53.3 Å². The van der Waals surface area contributed by atoms with Crippen LogP contribution in [0.3, 0.4) is 0 Å². The Balaban J connectivity index is 2.02. The number of rotatable bonds is 1. The molecule has 0 fully saturated rings. The number of aromatic nitrogens is 1. The molecule has 2 aromatic heterocycles. The van der Waals surface area contributed by atoms with E-state index in [-0.39, 0.29) is 5.78 Å². The van der Waals surface area contributed by atoms with Gasteiger partial charge in [-0.1, -0.05) is 0 Å². The van der Waals surface area contributed by atoms with Crippen molar-refractivity contribution in [3.8, 4) is 0 Å². The normalized spacial score (nSPS) is 19.1. The number of hydrogen-bond donors (Lipinski definition) is 0. The number of aryl methyl sites for hydroxylation is 1. The lowest BCUT2D eigenvalue weighted by Gasteiger charge is -2.23. The summed E-state index contributed by atoms with van der Waals surface area (Å²) in [5, 5.41) is 4.21. The first kappa shape index (κ1) is 10.7. The summed E-state index contributed by atoms with van der Waals surface area (Å²) in [5.41, 5.74) is 4.16. The molecule has 2 heterocycles. The van der Waals surface area contributed by atoms with Crippen molar-refractivity contribution in [3.05, 3.63) is 51.5 Å². The van der Waals surface area contributed by atoms with Crippen molar-refractivity contribution >= 4 is 17.1 Å². The fourth-order valence-electron chi connectivity index (χ4n) is 2.52. The molecule has 3 rings (SSSR count). The van der Waals surface area contributed by atoms with Crippen LogP contribution in [0.2, 0.25) is 0 Å². The van der Waals surface area contributed by atoms with E-state index in [9.17, 15) is 4.79 Å². The molecule has 0 aliphatic heterocycles. The highest BCUT2D eigenvalue weighted by Gasteiger charge is 2.28. The monoisotopic (exact) mass is 243 g/mol. The number of pyridine rings is 1. The van der Waals surface area contributed by atoms with Crippen LogP contribution in [0.5, 0.6) is 0 Å². The van der Waals surface area contributed by atoms with Crippen LogP contribution in [-0.2, 0) is 6.42 Å². The molecule has 0 amide bonds. The minimum atomic E-state index is 0.244. The molecule has 0 aromatic carbocycles. The van der Waals surface area contributed by atoms with Crippen LogP contribution in [-0.4, -0.2) is 10.8 Å². The van der Waals surface area contributed by atoms with Crippen molar-refractivity contribution in [1.82, 2.24) is 4.98 Å². The van der Waals surface area contributed by atoms with Crippen molar-refractivity contribution in [2.24, 2.45) is 0 Å². The first-order valence-corrected chi connectivity index (χ1v) is 6.70. The molecule has 0 saturated carbocycles. The molecule has 1 aliphatic rings. The van der Waals surface area contributed by atoms with Gasteiger partial charge in [0.15, 0.2) is 5.78 Å². The van der Waals surface area contributed by atoms with Crippen molar-refractivity contribution in [1.29, 1.82) is 0 Å². The van der Waals surface area contributed by atoms with Crippen LogP contribution in [0, 0.1) is 6.92 Å². The molecular formula is C14H13NOS. The van der Waals surface area contributed by atoms with Crippen LogP contribution in [0.4, 0.5) is 0 Å². The number of nitrogens with zero attached hydrogens (tertiary/aromatic N) is 1. The number of carbonyl (C=O) groups excluding carboxylic acids is 1. The Labute approximate surface area is 104 Å². The maximum Gasteiger partial charge on any atom is 0.165 e. The summed E-state index contributed by atoms with van der Waals surface area (Å²) in [5.74, 6) is 0.559. The molecule has 0 bridgehead atoms. The summed E-state index contributed by atoms with van der Waals surface area (Å²) in [6.45, 7) is 1.99. The maximum atomic E-state index is 12.2. The molecule has 1 atom stereocenters. The van der Waals surface area contributed by atoms with Gasteiger partial charge < -0.3 is 0 Å². The number of ketones is 1. The molecule has 0 radical (unpaired) electrons. The smallest absolute Gasteiger partial charge is 0.165 e. The van der Waals surface area contributed by atoms with Gasteiger partial charge in [0.1, 0.15) is 0 Å². The van der Waals surface area contributed by atoms with Crippen molar-refractivity contribution in [2.45, 2.75) is 25.7 Å². The third-order valence-corrected chi connectivity index (χ3v) is 4.10. The first-order valence-electron chi connectivity index (χ1n) is 5.75. The Morgan fingerprint density at radius 2 is 2.24 bits per heavy atom. The molecule has 0 spiro atoms. The van der Waals surface area contributed by atoms with Crippen molar-refractivity contribution < 1.29 is 4.79 Å². The summed E-state index contributed by atoms with van der Waals surface area (Å²) in [6, 6.07) is 4.03. The van der Waals surface area contributed by atoms with E-state index in [4.69, 9.17) is 0 Å². The van der Waals surface area contributed by atoms with Gasteiger partial charge in [0.2, 0.25) is 0 Å². The molecular weight excluding hydrogens is 230 g/mol. The quantitative estimate of drug-likeness (QED) is 0.768. The van der Waals surface area contributed by atoms with Gasteiger partial charge in [-0.15, -0.1) is 0 Å². The van der Waals surface area contributed by atoms with Gasteiger partial charge in [-0.3, -0.25) is 9.78 Å². The van der Waals surface area contributed by atoms with Gasteiger partial charge >= 0.3 is 0 Å². The number of carbonyl (C=O) groups is 1. The Morgan fingerprint density at radius 1 is 1.35 bits per heavy atom. The Morgan fingerprint density at radius 3 is 3.00 bits per heavy atom. The third kappa shape index (κ3) is 1.80. The summed E-state index contributed by atoms with van der Waals surface area (Å²) in [7, 11) is 0. The van der Waals surface area contributed by atoms with E-state index in [0.29, 0.717) is 12.3 Å². The third-order valence-electron chi connectivity index (χ3n) is 3.40. The standard InChI is InChI=1S/C14H13NOS/c1-9-2-4-15-12-6-11(7-13(16)14(9)12)10-3-5-17-8-10/h2-5,8,11H,6-7H2,1H3/t11-/m0/s1. The molecule has 1 aliphatic carbocycles. The summed E-state index contributed by atoms with van der Waals surface area (Å²) in [6.07, 6.45) is 3.31. The van der Waals surface area contributed by atoms with Crippen LogP contribution < -0.4 is 0 Å². The lowest BCUT2D eigenvalue weighted by atomic mass is 9.81. The Kier molecular flexibility index (Phi) is 2.56. The van der Waals surface area contributed by atoms with Crippen molar-refractivity contribution in [2.75, 3.05) is 0 Å². The molecule has 0 saturated heterocycles. The topological polar surface area (TPSA) is 30.0 Å². The van der Waals surface area contributed by atoms with E-state index in [1.807, 2.05) is 13.0 Å². The Hall–Kier alpha value is -1.48. The summed E-state index contributed by atoms with van der Waals surface area (Å²) >= 11 is 1.69. The van der Waals surface area contributed by atoms with E-state index >= 15 is 0 Å². The van der Waals surface area contributed by atoms with Gasteiger partial charge in [-0.2, -0.15) is 11.3 Å². The minimum absolute atomic E-state index is 0.244. The largest absolute Gasteiger partial charge is 0.294 e. The highest BCUT2D eigenvalue weighted by Crippen LogP contribution is 2.33. The molecule has 0 unspecified atom stereocenters. The zero-order valence-corrected chi connectivity index (χ0v) is 10.5. The minimum Gasteiger partial charge on any atom is -0.294 e. The van der Waals surface area contributed by atoms with E-state index < -0.39 is 0 Å². The highest BCUT2D eigenvalue weighted by molar-refractivity contribution is 7.08. The average molecular weight is 243 g/mol. The molecule has 0 N–H and O–H groups in total. The number of Topliss-reactive ketones (excluding diaryl/α,β-unsaturated/α-hetero) is 1. The predicted octanol–water partition coefficient (Wildman–Crippen LogP) is 3.36. The number of hydrogen-bond acceptors (Lipinski definition) is 3. The first-order chi connectivity index (χ1) is 8.25. The van der Waals surface area contributed by atoms with Crippen LogP contribution in [0.1, 0.15) is 39.5 Å². The lowest BCUT2D eigenvalue weighted by molar-refractivity contribution is 0.0962. The molecule has 2 aromatic rings. The van der Waals surface area contributed by atoms with E-state index in [0.717, 1.165) is 23.2 Å². The zero-order valence-electron chi connectivity index (χ0n) is 9.64. The second-order valence-electron chi connectivity index (χ2n) is 4.53. The molecule has 2 nitrogen and oxygen atoms in total. The summed E-state index contributed by atoms with van der Waals surface area (Å²) in [4.78, 5) is 16.5. The predicted molar refractivity (Wildman–Crippen MR) is 68.7 cm³/mol. The van der Waals surface area contributed by atoms with Gasteiger partial charge in [0, 0.05) is 18.2 Å².